The van der Waals surface area contributed by atoms with Gasteiger partial charge in [0.2, 0.25) is 0 Å². The van der Waals surface area contributed by atoms with Gasteiger partial charge in [0, 0.05) is 41.2 Å². The molecule has 0 radical (unpaired) electrons. The molecule has 0 saturated carbocycles. The number of aryl methyl sites for hydroxylation is 1. The standard InChI is InChI=1S/C15H12N2O4/c1-2-14-10(5-6-21-14)15(18)12-8-16-13-4-3-9(17(19)20)7-11(12)13/h3-8,16H,2H2,1H3. The quantitative estimate of drug-likeness (QED) is 0.451. The molecule has 1 N–H and O–H groups in total. The summed E-state index contributed by atoms with van der Waals surface area (Å²) in [6.45, 7) is 1.90. The van der Waals surface area contributed by atoms with E-state index < -0.39 is 4.92 Å². The van der Waals surface area contributed by atoms with Crippen LogP contribution in [0.2, 0.25) is 0 Å². The van der Waals surface area contributed by atoms with Gasteiger partial charge >= 0.3 is 0 Å². The fourth-order valence-electron chi connectivity index (χ4n) is 2.37. The van der Waals surface area contributed by atoms with Crippen molar-refractivity contribution in [2.75, 3.05) is 0 Å². The van der Waals surface area contributed by atoms with Crippen molar-refractivity contribution in [3.05, 3.63) is 63.7 Å². The summed E-state index contributed by atoms with van der Waals surface area (Å²) in [4.78, 5) is 26.0. The Morgan fingerprint density at radius 2 is 2.14 bits per heavy atom. The normalized spacial score (nSPS) is 10.9. The molecule has 0 spiro atoms. The van der Waals surface area contributed by atoms with E-state index >= 15 is 0 Å². The summed E-state index contributed by atoms with van der Waals surface area (Å²) in [5.41, 5.74) is 1.54. The van der Waals surface area contributed by atoms with E-state index in [-0.39, 0.29) is 11.5 Å². The summed E-state index contributed by atoms with van der Waals surface area (Å²) in [7, 11) is 0. The number of H-pyrrole nitrogens is 1. The second-order valence-corrected chi connectivity index (χ2v) is 4.63. The van der Waals surface area contributed by atoms with Gasteiger partial charge in [0.15, 0.2) is 5.78 Å². The van der Waals surface area contributed by atoms with Crippen molar-refractivity contribution in [2.24, 2.45) is 0 Å². The summed E-state index contributed by atoms with van der Waals surface area (Å²) in [5.74, 6) is 0.409. The molecule has 3 rings (SSSR count). The molecule has 6 heteroatoms. The highest BCUT2D eigenvalue weighted by Gasteiger charge is 2.20. The number of furan rings is 1. The number of fused-ring (bicyclic) bond motifs is 1. The number of non-ortho nitro benzene ring substituents is 1. The smallest absolute Gasteiger partial charge is 0.270 e. The maximum Gasteiger partial charge on any atom is 0.270 e. The molecule has 21 heavy (non-hydrogen) atoms. The van der Waals surface area contributed by atoms with Crippen molar-refractivity contribution in [3.8, 4) is 0 Å². The Morgan fingerprint density at radius 1 is 1.33 bits per heavy atom. The lowest BCUT2D eigenvalue weighted by Gasteiger charge is -1.99. The Kier molecular flexibility index (Phi) is 3.06. The lowest BCUT2D eigenvalue weighted by molar-refractivity contribution is -0.384. The highest BCUT2D eigenvalue weighted by molar-refractivity contribution is 6.17. The fraction of sp³-hybridized carbons (Fsp3) is 0.133. The van der Waals surface area contributed by atoms with Gasteiger partial charge in [-0.3, -0.25) is 14.9 Å². The molecule has 0 atom stereocenters. The van der Waals surface area contributed by atoms with E-state index in [9.17, 15) is 14.9 Å². The number of ketones is 1. The first-order chi connectivity index (χ1) is 10.1. The van der Waals surface area contributed by atoms with Crippen LogP contribution in [-0.2, 0) is 6.42 Å². The van der Waals surface area contributed by atoms with Crippen molar-refractivity contribution < 1.29 is 14.1 Å². The molecule has 2 aromatic heterocycles. The van der Waals surface area contributed by atoms with Crippen molar-refractivity contribution in [3.63, 3.8) is 0 Å². The van der Waals surface area contributed by atoms with E-state index in [2.05, 4.69) is 4.98 Å². The van der Waals surface area contributed by atoms with Crippen LogP contribution in [0.15, 0.2) is 41.1 Å². The van der Waals surface area contributed by atoms with E-state index in [1.165, 1.54) is 18.4 Å². The lowest BCUT2D eigenvalue weighted by atomic mass is 10.0. The number of aromatic amines is 1. The molecule has 3 aromatic rings. The van der Waals surface area contributed by atoms with E-state index in [4.69, 9.17) is 4.42 Å². The first-order valence-electron chi connectivity index (χ1n) is 6.48. The molecule has 2 heterocycles. The third-order valence-electron chi connectivity index (χ3n) is 3.43. The zero-order valence-corrected chi connectivity index (χ0v) is 11.3. The second kappa shape index (κ2) is 4.90. The topological polar surface area (TPSA) is 89.1 Å². The zero-order valence-electron chi connectivity index (χ0n) is 11.3. The number of carbonyl (C=O) groups excluding carboxylic acids is 1. The molecular weight excluding hydrogens is 272 g/mol. The largest absolute Gasteiger partial charge is 0.469 e. The Labute approximate surface area is 119 Å². The number of rotatable bonds is 4. The van der Waals surface area contributed by atoms with Crippen molar-refractivity contribution in [1.29, 1.82) is 0 Å². The second-order valence-electron chi connectivity index (χ2n) is 4.63. The monoisotopic (exact) mass is 284 g/mol. The first-order valence-corrected chi connectivity index (χ1v) is 6.48. The molecule has 6 nitrogen and oxygen atoms in total. The summed E-state index contributed by atoms with van der Waals surface area (Å²) in [5, 5.41) is 11.4. The average Bonchev–Trinajstić information content (AvgIpc) is 3.12. The molecule has 106 valence electrons. The van der Waals surface area contributed by atoms with Crippen LogP contribution < -0.4 is 0 Å². The zero-order chi connectivity index (χ0) is 15.0. The molecule has 1 aromatic carbocycles. The lowest BCUT2D eigenvalue weighted by Crippen LogP contribution is -2.02. The minimum Gasteiger partial charge on any atom is -0.469 e. The van der Waals surface area contributed by atoms with Crippen molar-refractivity contribution in [2.45, 2.75) is 13.3 Å². The van der Waals surface area contributed by atoms with Gasteiger partial charge in [-0.25, -0.2) is 0 Å². The number of nitro groups is 1. The molecule has 0 unspecified atom stereocenters. The van der Waals surface area contributed by atoms with Crippen molar-refractivity contribution >= 4 is 22.4 Å². The van der Waals surface area contributed by atoms with Crippen LogP contribution in [0.3, 0.4) is 0 Å². The maximum absolute atomic E-state index is 12.6. The molecule has 0 aliphatic rings. The Hall–Kier alpha value is -2.89. The number of nitro benzene ring substituents is 1. The van der Waals surface area contributed by atoms with Gasteiger partial charge in [-0.15, -0.1) is 0 Å². The number of benzene rings is 1. The number of hydrogen-bond donors (Lipinski definition) is 1. The van der Waals surface area contributed by atoms with Gasteiger partial charge in [0.05, 0.1) is 16.7 Å². The van der Waals surface area contributed by atoms with Crippen molar-refractivity contribution in [1.82, 2.24) is 4.98 Å². The van der Waals surface area contributed by atoms with Crippen LogP contribution in [0.25, 0.3) is 10.9 Å². The predicted octanol–water partition coefficient (Wildman–Crippen LogP) is 3.46. The van der Waals surface area contributed by atoms with E-state index in [0.29, 0.717) is 34.2 Å². The van der Waals surface area contributed by atoms with Gasteiger partial charge in [0.25, 0.3) is 5.69 Å². The highest BCUT2D eigenvalue weighted by Crippen LogP contribution is 2.26. The van der Waals surface area contributed by atoms with Crippen LogP contribution in [0, 0.1) is 10.1 Å². The number of hydrogen-bond acceptors (Lipinski definition) is 4. The number of aromatic nitrogens is 1. The average molecular weight is 284 g/mol. The van der Waals surface area contributed by atoms with Crippen LogP contribution in [0.4, 0.5) is 5.69 Å². The van der Waals surface area contributed by atoms with Crippen LogP contribution in [-0.4, -0.2) is 15.7 Å². The highest BCUT2D eigenvalue weighted by atomic mass is 16.6. The summed E-state index contributed by atoms with van der Waals surface area (Å²) >= 11 is 0. The minimum absolute atomic E-state index is 0.0425. The van der Waals surface area contributed by atoms with E-state index in [1.807, 2.05) is 6.92 Å². The van der Waals surface area contributed by atoms with Gasteiger partial charge in [0.1, 0.15) is 5.76 Å². The van der Waals surface area contributed by atoms with E-state index in [1.54, 1.807) is 18.3 Å². The fourth-order valence-corrected chi connectivity index (χ4v) is 2.37. The molecule has 0 saturated heterocycles. The number of nitrogens with one attached hydrogen (secondary N) is 1. The summed E-state index contributed by atoms with van der Waals surface area (Å²) < 4.78 is 5.27. The molecule has 0 bridgehead atoms. The molecule has 0 aliphatic heterocycles. The van der Waals surface area contributed by atoms with Gasteiger partial charge in [-0.1, -0.05) is 6.92 Å². The van der Waals surface area contributed by atoms with Crippen LogP contribution in [0.5, 0.6) is 0 Å². The van der Waals surface area contributed by atoms with Gasteiger partial charge in [-0.05, 0) is 12.1 Å². The van der Waals surface area contributed by atoms with Gasteiger partial charge in [-0.2, -0.15) is 0 Å². The third-order valence-corrected chi connectivity index (χ3v) is 3.43. The molecular formula is C15H12N2O4. The summed E-state index contributed by atoms with van der Waals surface area (Å²) in [6, 6.07) is 6.03. The number of nitrogens with zero attached hydrogens (tertiary/aromatic N) is 1. The van der Waals surface area contributed by atoms with Crippen LogP contribution in [0.1, 0.15) is 28.6 Å². The predicted molar refractivity (Wildman–Crippen MR) is 76.5 cm³/mol. The minimum atomic E-state index is -0.476. The first kappa shape index (κ1) is 13.1. The molecule has 0 amide bonds. The van der Waals surface area contributed by atoms with Crippen LogP contribution >= 0.6 is 0 Å². The Morgan fingerprint density at radius 3 is 2.86 bits per heavy atom. The number of carbonyl (C=O) groups is 1. The molecule has 0 fully saturated rings. The Bertz CT molecular complexity index is 844. The van der Waals surface area contributed by atoms with Gasteiger partial charge < -0.3 is 9.40 Å². The third kappa shape index (κ3) is 2.10. The maximum atomic E-state index is 12.6. The molecule has 0 aliphatic carbocycles. The Balaban J connectivity index is 2.14. The SMILES string of the molecule is CCc1occc1C(=O)c1c[nH]c2ccc([N+](=O)[O-])cc12. The summed E-state index contributed by atoms with van der Waals surface area (Å²) in [6.07, 6.45) is 3.66. The van der Waals surface area contributed by atoms with E-state index in [0.717, 1.165) is 0 Å².